The molecule has 0 aliphatic carbocycles. The lowest BCUT2D eigenvalue weighted by Crippen LogP contribution is -2.29. The quantitative estimate of drug-likeness (QED) is 0.866. The Morgan fingerprint density at radius 1 is 1.29 bits per heavy atom. The third-order valence-electron chi connectivity index (χ3n) is 2.85. The van der Waals surface area contributed by atoms with Gasteiger partial charge in [0.05, 0.1) is 12.0 Å². The molecule has 1 aliphatic rings. The number of aliphatic carboxylic acids is 1. The second-order valence-electron chi connectivity index (χ2n) is 4.08. The van der Waals surface area contributed by atoms with E-state index in [1.165, 1.54) is 0 Å². The van der Waals surface area contributed by atoms with E-state index < -0.39 is 29.6 Å². The van der Waals surface area contributed by atoms with Crippen LogP contribution in [0.1, 0.15) is 24.5 Å². The molecular weight excluding hydrogens is 230 g/mol. The maximum atomic E-state index is 13.1. The lowest BCUT2D eigenvalue weighted by molar-refractivity contribution is -0.151. The van der Waals surface area contributed by atoms with E-state index in [2.05, 4.69) is 0 Å². The zero-order chi connectivity index (χ0) is 12.4. The largest absolute Gasteiger partial charge is 0.481 e. The van der Waals surface area contributed by atoms with Crippen molar-refractivity contribution in [3.8, 4) is 0 Å². The van der Waals surface area contributed by atoms with Gasteiger partial charge in [0.25, 0.3) is 0 Å². The van der Waals surface area contributed by atoms with E-state index in [-0.39, 0.29) is 5.56 Å². The second-order valence-corrected chi connectivity index (χ2v) is 4.08. The molecule has 3 nitrogen and oxygen atoms in total. The van der Waals surface area contributed by atoms with Crippen molar-refractivity contribution in [2.24, 2.45) is 5.92 Å². The van der Waals surface area contributed by atoms with Crippen molar-refractivity contribution in [3.05, 3.63) is 35.4 Å². The average molecular weight is 242 g/mol. The van der Waals surface area contributed by atoms with Crippen LogP contribution >= 0.6 is 0 Å². The van der Waals surface area contributed by atoms with Crippen LogP contribution in [0.15, 0.2) is 18.2 Å². The Bertz CT molecular complexity index is 414. The highest BCUT2D eigenvalue weighted by atomic mass is 19.1. The summed E-state index contributed by atoms with van der Waals surface area (Å²) in [6, 6.07) is 2.99. The Hall–Kier alpha value is -1.49. The summed E-state index contributed by atoms with van der Waals surface area (Å²) in [5, 5.41) is 9.04. The first-order chi connectivity index (χ1) is 8.08. The highest BCUT2D eigenvalue weighted by Crippen LogP contribution is 2.34. The van der Waals surface area contributed by atoms with Crippen molar-refractivity contribution in [1.29, 1.82) is 0 Å². The van der Waals surface area contributed by atoms with Gasteiger partial charge in [-0.15, -0.1) is 0 Å². The molecule has 2 atom stereocenters. The van der Waals surface area contributed by atoms with Crippen molar-refractivity contribution < 1.29 is 23.4 Å². The first kappa shape index (κ1) is 12.0. The van der Waals surface area contributed by atoms with Crippen LogP contribution in [0, 0.1) is 17.6 Å². The van der Waals surface area contributed by atoms with Gasteiger partial charge in [-0.05, 0) is 30.5 Å². The molecule has 0 amide bonds. The van der Waals surface area contributed by atoms with Gasteiger partial charge in [0, 0.05) is 12.7 Å². The summed E-state index contributed by atoms with van der Waals surface area (Å²) < 4.78 is 31.5. The van der Waals surface area contributed by atoms with Gasteiger partial charge in [-0.3, -0.25) is 4.79 Å². The summed E-state index contributed by atoms with van der Waals surface area (Å²) in [6.45, 7) is 0.409. The van der Waals surface area contributed by atoms with Crippen molar-refractivity contribution >= 4 is 5.97 Å². The lowest BCUT2D eigenvalue weighted by Gasteiger charge is -2.29. The molecule has 0 aromatic heterocycles. The Labute approximate surface area is 97.0 Å². The van der Waals surface area contributed by atoms with Crippen molar-refractivity contribution in [2.45, 2.75) is 18.9 Å². The van der Waals surface area contributed by atoms with Gasteiger partial charge in [-0.25, -0.2) is 8.78 Å². The van der Waals surface area contributed by atoms with Gasteiger partial charge in [0.2, 0.25) is 0 Å². The minimum Gasteiger partial charge on any atom is -0.481 e. The summed E-state index contributed by atoms with van der Waals surface area (Å²) in [5.74, 6) is -3.19. The molecule has 1 heterocycles. The fourth-order valence-corrected chi connectivity index (χ4v) is 2.10. The fourth-order valence-electron chi connectivity index (χ4n) is 2.10. The minimum absolute atomic E-state index is 0.245. The number of halogens is 2. The molecule has 17 heavy (non-hydrogen) atoms. The maximum Gasteiger partial charge on any atom is 0.309 e. The lowest BCUT2D eigenvalue weighted by atomic mass is 9.89. The van der Waals surface area contributed by atoms with E-state index in [0.717, 1.165) is 18.2 Å². The van der Waals surface area contributed by atoms with Crippen LogP contribution < -0.4 is 0 Å². The highest BCUT2D eigenvalue weighted by Gasteiger charge is 2.33. The van der Waals surface area contributed by atoms with Crippen LogP contribution in [0.25, 0.3) is 0 Å². The summed E-state index contributed by atoms with van der Waals surface area (Å²) in [6.07, 6.45) is 0.329. The summed E-state index contributed by atoms with van der Waals surface area (Å²) in [7, 11) is 0. The number of ether oxygens (including phenoxy) is 1. The molecule has 2 rings (SSSR count). The van der Waals surface area contributed by atoms with E-state index in [1.807, 2.05) is 0 Å². The topological polar surface area (TPSA) is 46.5 Å². The van der Waals surface area contributed by atoms with Crippen molar-refractivity contribution in [3.63, 3.8) is 0 Å². The minimum atomic E-state index is -1.00. The van der Waals surface area contributed by atoms with E-state index >= 15 is 0 Å². The molecule has 1 aliphatic heterocycles. The predicted molar refractivity (Wildman–Crippen MR) is 55.4 cm³/mol. The van der Waals surface area contributed by atoms with Gasteiger partial charge >= 0.3 is 5.97 Å². The smallest absolute Gasteiger partial charge is 0.309 e. The Kier molecular flexibility index (Phi) is 3.38. The highest BCUT2D eigenvalue weighted by molar-refractivity contribution is 5.71. The zero-order valence-electron chi connectivity index (χ0n) is 9.03. The number of carbonyl (C=O) groups is 1. The van der Waals surface area contributed by atoms with Crippen LogP contribution in [-0.4, -0.2) is 17.7 Å². The molecule has 1 saturated heterocycles. The molecule has 1 fully saturated rings. The van der Waals surface area contributed by atoms with Gasteiger partial charge < -0.3 is 9.84 Å². The zero-order valence-corrected chi connectivity index (χ0v) is 9.03. The van der Waals surface area contributed by atoms with Gasteiger partial charge in [0.15, 0.2) is 0 Å². The van der Waals surface area contributed by atoms with Crippen LogP contribution in [-0.2, 0) is 9.53 Å². The maximum absolute atomic E-state index is 13.1. The Morgan fingerprint density at radius 3 is 2.53 bits per heavy atom. The average Bonchev–Trinajstić information content (AvgIpc) is 2.27. The number of carboxylic acid groups (broad SMARTS) is 1. The molecule has 92 valence electrons. The van der Waals surface area contributed by atoms with E-state index in [9.17, 15) is 13.6 Å². The fraction of sp³-hybridized carbons (Fsp3) is 0.417. The predicted octanol–water partition coefficient (Wildman–Crippen LogP) is 2.52. The second kappa shape index (κ2) is 4.79. The van der Waals surface area contributed by atoms with Gasteiger partial charge in [0.1, 0.15) is 11.6 Å². The summed E-state index contributed by atoms with van der Waals surface area (Å²) in [5.41, 5.74) is 0.245. The standard InChI is InChI=1S/C12H12F2O3/c13-8-4-7(5-9(14)6-8)11-10(12(15)16)2-1-3-17-11/h4-6,10-11H,1-3H2,(H,15,16). The number of benzene rings is 1. The summed E-state index contributed by atoms with van der Waals surface area (Å²) in [4.78, 5) is 11.0. The molecule has 0 saturated carbocycles. The monoisotopic (exact) mass is 242 g/mol. The molecule has 2 unspecified atom stereocenters. The SMILES string of the molecule is O=C(O)C1CCCOC1c1cc(F)cc(F)c1. The molecule has 0 radical (unpaired) electrons. The van der Waals surface area contributed by atoms with Gasteiger partial charge in [-0.2, -0.15) is 0 Å². The van der Waals surface area contributed by atoms with Crippen LogP contribution in [0.4, 0.5) is 8.78 Å². The molecule has 1 aromatic carbocycles. The first-order valence-corrected chi connectivity index (χ1v) is 5.38. The molecule has 0 bridgehead atoms. The van der Waals surface area contributed by atoms with Crippen LogP contribution in [0.3, 0.4) is 0 Å². The first-order valence-electron chi connectivity index (χ1n) is 5.38. The molecule has 5 heteroatoms. The number of hydrogen-bond acceptors (Lipinski definition) is 2. The number of rotatable bonds is 2. The van der Waals surface area contributed by atoms with Crippen molar-refractivity contribution in [1.82, 2.24) is 0 Å². The number of hydrogen-bond donors (Lipinski definition) is 1. The molecule has 1 N–H and O–H groups in total. The third kappa shape index (κ3) is 2.61. The Morgan fingerprint density at radius 2 is 1.94 bits per heavy atom. The normalized spacial score (nSPS) is 24.6. The van der Waals surface area contributed by atoms with E-state index in [1.54, 1.807) is 0 Å². The van der Waals surface area contributed by atoms with Crippen LogP contribution in [0.2, 0.25) is 0 Å². The third-order valence-corrected chi connectivity index (χ3v) is 2.85. The molecular formula is C12H12F2O3. The van der Waals surface area contributed by atoms with E-state index in [0.29, 0.717) is 19.4 Å². The van der Waals surface area contributed by atoms with Gasteiger partial charge in [-0.1, -0.05) is 0 Å². The Balaban J connectivity index is 2.32. The van der Waals surface area contributed by atoms with E-state index in [4.69, 9.17) is 9.84 Å². The number of carboxylic acids is 1. The summed E-state index contributed by atoms with van der Waals surface area (Å²) >= 11 is 0. The van der Waals surface area contributed by atoms with Crippen molar-refractivity contribution in [2.75, 3.05) is 6.61 Å². The molecule has 1 aromatic rings. The molecule has 0 spiro atoms. The van der Waals surface area contributed by atoms with Crippen LogP contribution in [0.5, 0.6) is 0 Å².